The van der Waals surface area contributed by atoms with E-state index in [4.69, 9.17) is 15.5 Å². The second-order valence-electron chi connectivity index (χ2n) is 1.90. The molecule has 0 bridgehead atoms. The lowest BCUT2D eigenvalue weighted by Crippen LogP contribution is -1.99. The van der Waals surface area contributed by atoms with E-state index in [2.05, 4.69) is 4.98 Å². The molecule has 0 amide bonds. The third-order valence-corrected chi connectivity index (χ3v) is 0.989. The molecule has 0 atom stereocenters. The van der Waals surface area contributed by atoms with Gasteiger partial charge in [0, 0.05) is 13.1 Å². The molecule has 68 valence electrons. The molecular weight excluding hydrogens is 172 g/mol. The van der Waals surface area contributed by atoms with Crippen LogP contribution < -0.4 is 0 Å². The summed E-state index contributed by atoms with van der Waals surface area (Å²) in [6.07, 6.45) is 1.31. The lowest BCUT2D eigenvalue weighted by molar-refractivity contribution is 0.0687. The molecule has 0 saturated carbocycles. The van der Waals surface area contributed by atoms with Crippen LogP contribution in [0.1, 0.15) is 17.4 Å². The lowest BCUT2D eigenvalue weighted by atomic mass is 10.3. The van der Waals surface area contributed by atoms with Crippen molar-refractivity contribution in [3.05, 3.63) is 24.0 Å². The van der Waals surface area contributed by atoms with Crippen molar-refractivity contribution in [1.29, 1.82) is 5.26 Å². The summed E-state index contributed by atoms with van der Waals surface area (Å²) in [6, 6.07) is 4.48. The Hall–Kier alpha value is -2.09. The molecule has 0 aromatic carbocycles. The van der Waals surface area contributed by atoms with E-state index < -0.39 is 5.97 Å². The van der Waals surface area contributed by atoms with Crippen molar-refractivity contribution >= 4 is 5.97 Å². The molecule has 0 unspecified atom stereocenters. The van der Waals surface area contributed by atoms with Crippen LogP contribution in [0.3, 0.4) is 0 Å². The number of pyridine rings is 1. The summed E-state index contributed by atoms with van der Waals surface area (Å²) in [5.74, 6) is -1.53. The van der Waals surface area contributed by atoms with E-state index in [0.29, 0.717) is 0 Å². The van der Waals surface area contributed by atoms with Gasteiger partial charge in [0.15, 0.2) is 5.69 Å². The second-order valence-corrected chi connectivity index (χ2v) is 1.90. The second kappa shape index (κ2) is 5.55. The molecule has 5 nitrogen and oxygen atoms in total. The van der Waals surface area contributed by atoms with E-state index in [1.165, 1.54) is 25.3 Å². The van der Waals surface area contributed by atoms with Crippen LogP contribution in [0.4, 0.5) is 0 Å². The highest BCUT2D eigenvalue weighted by atomic mass is 16.4. The average Bonchev–Trinajstić information content (AvgIpc) is 2.06. The predicted molar refractivity (Wildman–Crippen MR) is 44.1 cm³/mol. The fourth-order valence-electron chi connectivity index (χ4n) is 0.562. The first kappa shape index (κ1) is 10.9. The Morgan fingerprint density at radius 2 is 2.23 bits per heavy atom. The predicted octanol–water partition coefficient (Wildman–Crippen LogP) is 1.02. The molecule has 1 aromatic rings. The van der Waals surface area contributed by atoms with E-state index in [1.807, 2.05) is 0 Å². The summed E-state index contributed by atoms with van der Waals surface area (Å²) in [6.45, 7) is 1.43. The molecule has 1 heterocycles. The van der Waals surface area contributed by atoms with Crippen LogP contribution in [0.2, 0.25) is 0 Å². The van der Waals surface area contributed by atoms with Crippen LogP contribution in [0, 0.1) is 11.3 Å². The third-order valence-electron chi connectivity index (χ3n) is 0.989. The van der Waals surface area contributed by atoms with Crippen LogP contribution in [0.25, 0.3) is 0 Å². The summed E-state index contributed by atoms with van der Waals surface area (Å²) in [4.78, 5) is 13.6. The summed E-state index contributed by atoms with van der Waals surface area (Å²) < 4.78 is 0. The van der Waals surface area contributed by atoms with Gasteiger partial charge in [0.25, 0.3) is 0 Å². The van der Waals surface area contributed by atoms with Crippen molar-refractivity contribution in [2.45, 2.75) is 6.92 Å². The molecule has 0 saturated heterocycles. The number of nitrogens with zero attached hydrogens (tertiary/aromatic N) is 2. The summed E-state index contributed by atoms with van der Waals surface area (Å²) in [5, 5.41) is 24.5. The molecule has 13 heavy (non-hydrogen) atoms. The minimum Gasteiger partial charge on any atom is -0.505 e. The number of carbonyl (C=O) groups is 1. The molecule has 0 spiro atoms. The van der Waals surface area contributed by atoms with Crippen molar-refractivity contribution < 1.29 is 15.0 Å². The number of aromatic hydroxyl groups is 1. The summed E-state index contributed by atoms with van der Waals surface area (Å²) in [7, 11) is 0. The quantitative estimate of drug-likeness (QED) is 0.672. The maximum absolute atomic E-state index is 10.2. The van der Waals surface area contributed by atoms with Gasteiger partial charge in [0.1, 0.15) is 5.75 Å². The van der Waals surface area contributed by atoms with Crippen LogP contribution in [-0.2, 0) is 0 Å². The van der Waals surface area contributed by atoms with Crippen LogP contribution in [0.5, 0.6) is 5.75 Å². The number of aromatic carboxylic acids is 1. The van der Waals surface area contributed by atoms with E-state index in [-0.39, 0.29) is 11.4 Å². The minimum absolute atomic E-state index is 0.310. The normalized spacial score (nSPS) is 7.69. The van der Waals surface area contributed by atoms with Crippen LogP contribution in [0.15, 0.2) is 18.3 Å². The number of carboxylic acids is 1. The zero-order valence-corrected chi connectivity index (χ0v) is 6.93. The van der Waals surface area contributed by atoms with Gasteiger partial charge in [-0.1, -0.05) is 0 Å². The molecule has 0 aliphatic rings. The maximum atomic E-state index is 10.2. The molecule has 0 aliphatic heterocycles. The first-order valence-corrected chi connectivity index (χ1v) is 3.31. The Kier molecular flexibility index (Phi) is 4.65. The Morgan fingerprint density at radius 3 is 2.54 bits per heavy atom. The van der Waals surface area contributed by atoms with Crippen LogP contribution in [-0.4, -0.2) is 21.2 Å². The van der Waals surface area contributed by atoms with Gasteiger partial charge in [-0.2, -0.15) is 5.26 Å². The van der Waals surface area contributed by atoms with Gasteiger partial charge in [-0.15, -0.1) is 0 Å². The largest absolute Gasteiger partial charge is 0.505 e. The highest BCUT2D eigenvalue weighted by Gasteiger charge is 2.08. The topological polar surface area (TPSA) is 94.2 Å². The van der Waals surface area contributed by atoms with Gasteiger partial charge < -0.3 is 10.2 Å². The fraction of sp³-hybridized carbons (Fsp3) is 0.125. The summed E-state index contributed by atoms with van der Waals surface area (Å²) >= 11 is 0. The van der Waals surface area contributed by atoms with Gasteiger partial charge in [-0.05, 0) is 12.1 Å². The first-order valence-electron chi connectivity index (χ1n) is 3.31. The number of rotatable bonds is 1. The number of carboxylic acid groups (broad SMARTS) is 1. The zero-order chi connectivity index (χ0) is 10.3. The van der Waals surface area contributed by atoms with Gasteiger partial charge in [-0.25, -0.2) is 9.78 Å². The number of hydrogen-bond acceptors (Lipinski definition) is 4. The molecule has 2 N–H and O–H groups in total. The monoisotopic (exact) mass is 180 g/mol. The van der Waals surface area contributed by atoms with E-state index in [1.54, 1.807) is 6.07 Å². The Morgan fingerprint density at radius 1 is 1.69 bits per heavy atom. The maximum Gasteiger partial charge on any atom is 0.358 e. The van der Waals surface area contributed by atoms with Crippen molar-refractivity contribution in [3.63, 3.8) is 0 Å². The Labute approximate surface area is 74.9 Å². The van der Waals surface area contributed by atoms with Gasteiger partial charge >= 0.3 is 5.97 Å². The number of aromatic nitrogens is 1. The van der Waals surface area contributed by atoms with E-state index in [0.717, 1.165) is 0 Å². The summed E-state index contributed by atoms with van der Waals surface area (Å²) in [5.41, 5.74) is -0.317. The molecule has 0 fully saturated rings. The molecule has 0 aliphatic carbocycles. The SMILES string of the molecule is CC#N.O=C(O)c1ncccc1O. The average molecular weight is 180 g/mol. The van der Waals surface area contributed by atoms with Crippen molar-refractivity contribution in [1.82, 2.24) is 4.98 Å². The smallest absolute Gasteiger partial charge is 0.358 e. The first-order chi connectivity index (χ1) is 6.13. The van der Waals surface area contributed by atoms with Crippen molar-refractivity contribution in [2.24, 2.45) is 0 Å². The molecule has 5 heteroatoms. The Bertz CT molecular complexity index is 330. The molecule has 1 rings (SSSR count). The van der Waals surface area contributed by atoms with E-state index in [9.17, 15) is 4.79 Å². The Balaban J connectivity index is 0.000000424. The number of hydrogen-bond donors (Lipinski definition) is 2. The standard InChI is InChI=1S/C6H5NO3.C2H3N/c8-4-2-1-3-7-5(4)6(9)10;1-2-3/h1-3,8H,(H,9,10);1H3. The highest BCUT2D eigenvalue weighted by molar-refractivity contribution is 5.88. The van der Waals surface area contributed by atoms with Crippen molar-refractivity contribution in [3.8, 4) is 11.8 Å². The van der Waals surface area contributed by atoms with Gasteiger partial charge in [-0.3, -0.25) is 0 Å². The van der Waals surface area contributed by atoms with Crippen LogP contribution >= 0.6 is 0 Å². The molecule has 0 radical (unpaired) electrons. The lowest BCUT2D eigenvalue weighted by Gasteiger charge is -1.93. The van der Waals surface area contributed by atoms with Crippen molar-refractivity contribution in [2.75, 3.05) is 0 Å². The third kappa shape index (κ3) is 3.72. The zero-order valence-electron chi connectivity index (χ0n) is 6.93. The minimum atomic E-state index is -1.22. The molecule has 1 aromatic heterocycles. The fourth-order valence-corrected chi connectivity index (χ4v) is 0.562. The van der Waals surface area contributed by atoms with E-state index >= 15 is 0 Å². The van der Waals surface area contributed by atoms with Gasteiger partial charge in [0.05, 0.1) is 6.07 Å². The number of nitriles is 1. The highest BCUT2D eigenvalue weighted by Crippen LogP contribution is 2.11. The molecular formula is C8H8N2O3. The van der Waals surface area contributed by atoms with Gasteiger partial charge in [0.2, 0.25) is 0 Å².